The van der Waals surface area contributed by atoms with E-state index in [0.29, 0.717) is 17.3 Å². The van der Waals surface area contributed by atoms with Crippen molar-refractivity contribution in [3.05, 3.63) is 53.1 Å². The van der Waals surface area contributed by atoms with E-state index in [1.165, 1.54) is 6.20 Å². The predicted octanol–water partition coefficient (Wildman–Crippen LogP) is 2.40. The normalized spacial score (nSPS) is 10.2. The number of hydrogen-bond donors (Lipinski definition) is 0. The number of rotatable bonds is 3. The van der Waals surface area contributed by atoms with Gasteiger partial charge in [-0.05, 0) is 11.6 Å². The van der Waals surface area contributed by atoms with Crippen molar-refractivity contribution in [3.8, 4) is 0 Å². The van der Waals surface area contributed by atoms with E-state index in [1.807, 2.05) is 24.3 Å². The average molecular weight is 221 g/mol. The van der Waals surface area contributed by atoms with Crippen LogP contribution in [0.5, 0.6) is 0 Å². The second-order valence-electron chi connectivity index (χ2n) is 3.16. The molecule has 0 saturated heterocycles. The van der Waals surface area contributed by atoms with Crippen LogP contribution >= 0.6 is 11.6 Å². The maximum atomic E-state index is 10.7. The van der Waals surface area contributed by atoms with Gasteiger partial charge in [0.2, 0.25) is 0 Å². The van der Waals surface area contributed by atoms with Crippen LogP contribution in [0.4, 0.5) is 0 Å². The van der Waals surface area contributed by atoms with Gasteiger partial charge in [-0.25, -0.2) is 4.98 Å². The van der Waals surface area contributed by atoms with Crippen molar-refractivity contribution in [1.29, 1.82) is 0 Å². The van der Waals surface area contributed by atoms with E-state index < -0.39 is 0 Å². The van der Waals surface area contributed by atoms with Crippen LogP contribution in [0, 0.1) is 0 Å². The van der Waals surface area contributed by atoms with E-state index in [4.69, 9.17) is 11.6 Å². The molecule has 0 fully saturated rings. The molecule has 1 heterocycles. The molecule has 0 saturated carbocycles. The Morgan fingerprint density at radius 1 is 1.40 bits per heavy atom. The van der Waals surface area contributed by atoms with Gasteiger partial charge in [0.1, 0.15) is 5.69 Å². The minimum Gasteiger partial charge on any atom is -0.324 e. The van der Waals surface area contributed by atoms with Crippen LogP contribution in [-0.4, -0.2) is 15.8 Å². The van der Waals surface area contributed by atoms with E-state index in [-0.39, 0.29) is 0 Å². The highest BCUT2D eigenvalue weighted by Gasteiger charge is 2.03. The monoisotopic (exact) mass is 220 g/mol. The first kappa shape index (κ1) is 9.93. The summed E-state index contributed by atoms with van der Waals surface area (Å²) in [5.41, 5.74) is 1.52. The molecule has 1 aromatic carbocycles. The van der Waals surface area contributed by atoms with E-state index in [9.17, 15) is 4.79 Å². The molecule has 0 aliphatic carbocycles. The van der Waals surface area contributed by atoms with Crippen molar-refractivity contribution in [3.63, 3.8) is 0 Å². The van der Waals surface area contributed by atoms with Gasteiger partial charge in [0.05, 0.1) is 19.1 Å². The van der Waals surface area contributed by atoms with Crippen LogP contribution in [0.15, 0.2) is 36.8 Å². The van der Waals surface area contributed by atoms with Crippen LogP contribution < -0.4 is 0 Å². The third kappa shape index (κ3) is 2.07. The van der Waals surface area contributed by atoms with E-state index in [2.05, 4.69) is 4.98 Å². The Bertz CT molecular complexity index is 479. The van der Waals surface area contributed by atoms with Crippen molar-refractivity contribution >= 4 is 17.9 Å². The molecule has 0 bridgehead atoms. The third-order valence-electron chi connectivity index (χ3n) is 2.16. The van der Waals surface area contributed by atoms with Crippen molar-refractivity contribution in [1.82, 2.24) is 9.55 Å². The molecule has 0 N–H and O–H groups in total. The maximum Gasteiger partial charge on any atom is 0.168 e. The van der Waals surface area contributed by atoms with Gasteiger partial charge < -0.3 is 4.57 Å². The van der Waals surface area contributed by atoms with Crippen LogP contribution in [0.25, 0.3) is 0 Å². The summed E-state index contributed by atoms with van der Waals surface area (Å²) in [6, 6.07) is 7.55. The topological polar surface area (TPSA) is 34.9 Å². The molecule has 2 aromatic rings. The zero-order chi connectivity index (χ0) is 10.7. The molecule has 2 rings (SSSR count). The molecular weight excluding hydrogens is 212 g/mol. The number of aromatic nitrogens is 2. The highest BCUT2D eigenvalue weighted by Crippen LogP contribution is 2.16. The minimum atomic E-state index is 0.551. The number of aldehydes is 1. The van der Waals surface area contributed by atoms with Crippen LogP contribution in [0.1, 0.15) is 16.1 Å². The third-order valence-corrected chi connectivity index (χ3v) is 2.53. The Morgan fingerprint density at radius 2 is 2.20 bits per heavy atom. The Balaban J connectivity index is 2.29. The van der Waals surface area contributed by atoms with E-state index in [0.717, 1.165) is 11.8 Å². The molecule has 0 aliphatic rings. The zero-order valence-electron chi connectivity index (χ0n) is 7.93. The lowest BCUT2D eigenvalue weighted by Gasteiger charge is -2.05. The molecule has 0 aliphatic heterocycles. The summed E-state index contributed by atoms with van der Waals surface area (Å²) in [4.78, 5) is 14.6. The highest BCUT2D eigenvalue weighted by molar-refractivity contribution is 6.31. The largest absolute Gasteiger partial charge is 0.324 e. The van der Waals surface area contributed by atoms with Gasteiger partial charge in [0.25, 0.3) is 0 Å². The van der Waals surface area contributed by atoms with Gasteiger partial charge >= 0.3 is 0 Å². The van der Waals surface area contributed by atoms with Crippen LogP contribution in [0.2, 0.25) is 5.02 Å². The number of carbonyl (C=O) groups is 1. The average Bonchev–Trinajstić information content (AvgIpc) is 2.69. The fraction of sp³-hybridized carbons (Fsp3) is 0.0909. The molecule has 76 valence electrons. The van der Waals surface area contributed by atoms with Gasteiger partial charge in [-0.3, -0.25) is 4.79 Å². The second-order valence-corrected chi connectivity index (χ2v) is 3.56. The van der Waals surface area contributed by atoms with Crippen LogP contribution in [0.3, 0.4) is 0 Å². The van der Waals surface area contributed by atoms with Gasteiger partial charge in [0.15, 0.2) is 6.29 Å². The van der Waals surface area contributed by atoms with Crippen LogP contribution in [-0.2, 0) is 6.54 Å². The summed E-state index contributed by atoms with van der Waals surface area (Å²) in [6.45, 7) is 0.563. The lowest BCUT2D eigenvalue weighted by Crippen LogP contribution is -2.02. The Hall–Kier alpha value is -1.61. The Kier molecular flexibility index (Phi) is 2.83. The summed E-state index contributed by atoms with van der Waals surface area (Å²) < 4.78 is 1.76. The number of halogens is 1. The molecule has 4 heteroatoms. The lowest BCUT2D eigenvalue weighted by molar-refractivity contribution is 0.111. The van der Waals surface area contributed by atoms with Gasteiger partial charge in [-0.15, -0.1) is 0 Å². The minimum absolute atomic E-state index is 0.551. The first-order chi connectivity index (χ1) is 7.31. The summed E-state index contributed by atoms with van der Waals surface area (Å²) in [7, 11) is 0. The molecule has 0 atom stereocenters. The lowest BCUT2D eigenvalue weighted by atomic mass is 10.2. The standard InChI is InChI=1S/C11H9ClN2O/c12-11-4-2-1-3-9(11)6-14-8-13-5-10(14)7-15/h1-5,7-8H,6H2. The zero-order valence-corrected chi connectivity index (χ0v) is 8.69. The molecule has 0 amide bonds. The van der Waals surface area contributed by atoms with E-state index >= 15 is 0 Å². The number of imidazole rings is 1. The molecule has 3 nitrogen and oxygen atoms in total. The number of benzene rings is 1. The molecule has 0 spiro atoms. The maximum absolute atomic E-state index is 10.7. The van der Waals surface area contributed by atoms with Crippen molar-refractivity contribution < 1.29 is 4.79 Å². The molecule has 0 unspecified atom stereocenters. The fourth-order valence-corrected chi connectivity index (χ4v) is 1.57. The summed E-state index contributed by atoms with van der Waals surface area (Å²) in [5.74, 6) is 0. The SMILES string of the molecule is O=Cc1cncn1Cc1ccccc1Cl. The van der Waals surface area contributed by atoms with Crippen molar-refractivity contribution in [2.45, 2.75) is 6.54 Å². The smallest absolute Gasteiger partial charge is 0.168 e. The van der Waals surface area contributed by atoms with Crippen molar-refractivity contribution in [2.24, 2.45) is 0 Å². The van der Waals surface area contributed by atoms with Gasteiger partial charge in [0, 0.05) is 5.02 Å². The summed E-state index contributed by atoms with van der Waals surface area (Å²) in [5, 5.41) is 0.697. The van der Waals surface area contributed by atoms with Gasteiger partial charge in [-0.1, -0.05) is 29.8 Å². The molecule has 1 aromatic heterocycles. The quantitative estimate of drug-likeness (QED) is 0.745. The molecule has 0 radical (unpaired) electrons. The summed E-state index contributed by atoms with van der Waals surface area (Å²) >= 11 is 6.01. The molecule has 15 heavy (non-hydrogen) atoms. The van der Waals surface area contributed by atoms with E-state index in [1.54, 1.807) is 10.9 Å². The second kappa shape index (κ2) is 4.28. The summed E-state index contributed by atoms with van der Waals surface area (Å²) in [6.07, 6.45) is 3.93. The fourth-order valence-electron chi connectivity index (χ4n) is 1.37. The Labute approximate surface area is 92.3 Å². The first-order valence-electron chi connectivity index (χ1n) is 4.50. The predicted molar refractivity (Wildman–Crippen MR) is 58.2 cm³/mol. The van der Waals surface area contributed by atoms with Crippen molar-refractivity contribution in [2.75, 3.05) is 0 Å². The number of nitrogens with zero attached hydrogens (tertiary/aromatic N) is 2. The highest BCUT2D eigenvalue weighted by atomic mass is 35.5. The first-order valence-corrected chi connectivity index (χ1v) is 4.88. The Morgan fingerprint density at radius 3 is 2.93 bits per heavy atom. The molecular formula is C11H9ClN2O. The van der Waals surface area contributed by atoms with Gasteiger partial charge in [-0.2, -0.15) is 0 Å². The number of hydrogen-bond acceptors (Lipinski definition) is 2. The number of carbonyl (C=O) groups excluding carboxylic acids is 1.